The van der Waals surface area contributed by atoms with E-state index >= 15 is 0 Å². The monoisotopic (exact) mass is 376 g/mol. The molecule has 2 aromatic heterocycles. The molecule has 0 N–H and O–H groups in total. The molecule has 0 radical (unpaired) electrons. The zero-order chi connectivity index (χ0) is 19.7. The summed E-state index contributed by atoms with van der Waals surface area (Å²) in [5.41, 5.74) is 4.12. The molecule has 1 aliphatic rings. The molecule has 0 aliphatic carbocycles. The number of rotatable bonds is 4. The normalized spacial score (nSPS) is 16.1. The molecule has 1 aromatic carbocycles. The summed E-state index contributed by atoms with van der Waals surface area (Å²) in [6.07, 6.45) is 5.55. The number of aromatic nitrogens is 3. The molecule has 0 spiro atoms. The summed E-state index contributed by atoms with van der Waals surface area (Å²) in [4.78, 5) is 19.3. The lowest BCUT2D eigenvalue weighted by atomic mass is 9.86. The average Bonchev–Trinajstić information content (AvgIpc) is 3.13. The number of carbonyl (C=O) groups excluding carboxylic acids is 1. The number of pyridine rings is 1. The lowest BCUT2D eigenvalue weighted by molar-refractivity contribution is 0.0724. The van der Waals surface area contributed by atoms with Crippen LogP contribution in [0, 0.1) is 0 Å². The summed E-state index contributed by atoms with van der Waals surface area (Å²) in [5.74, 6) is 0.620. The smallest absolute Gasteiger partial charge is 0.255 e. The number of aryl methyl sites for hydroxylation is 1. The lowest BCUT2D eigenvalue weighted by Gasteiger charge is -2.34. The van der Waals surface area contributed by atoms with E-state index < -0.39 is 0 Å². The Morgan fingerprint density at radius 3 is 2.68 bits per heavy atom. The van der Waals surface area contributed by atoms with Crippen LogP contribution in [-0.4, -0.2) is 38.2 Å². The Hall–Kier alpha value is -3.15. The Labute approximate surface area is 164 Å². The van der Waals surface area contributed by atoms with Crippen molar-refractivity contribution in [3.05, 3.63) is 77.2 Å². The van der Waals surface area contributed by atoms with E-state index in [0.717, 1.165) is 5.56 Å². The van der Waals surface area contributed by atoms with Crippen LogP contribution < -0.4 is 4.74 Å². The van der Waals surface area contributed by atoms with Crippen LogP contribution in [0.15, 0.2) is 55.0 Å². The lowest BCUT2D eigenvalue weighted by Crippen LogP contribution is -2.38. The molecule has 144 valence electrons. The molecule has 6 nitrogen and oxygen atoms in total. The third kappa shape index (κ3) is 3.63. The number of ether oxygens (including phenoxy) is 1. The summed E-state index contributed by atoms with van der Waals surface area (Å²) in [6.45, 7) is 5.11. The van der Waals surface area contributed by atoms with E-state index in [4.69, 9.17) is 4.74 Å². The Balaban J connectivity index is 1.61. The third-order valence-electron chi connectivity index (χ3n) is 4.95. The van der Waals surface area contributed by atoms with E-state index in [-0.39, 0.29) is 17.9 Å². The maximum Gasteiger partial charge on any atom is 0.255 e. The highest BCUT2D eigenvalue weighted by Crippen LogP contribution is 2.33. The molecule has 6 heteroatoms. The van der Waals surface area contributed by atoms with Crippen molar-refractivity contribution in [2.45, 2.75) is 32.4 Å². The minimum absolute atomic E-state index is 0.0213. The van der Waals surface area contributed by atoms with Crippen molar-refractivity contribution >= 4 is 5.91 Å². The fourth-order valence-corrected chi connectivity index (χ4v) is 3.67. The van der Waals surface area contributed by atoms with Gasteiger partial charge in [-0.15, -0.1) is 0 Å². The van der Waals surface area contributed by atoms with Crippen molar-refractivity contribution in [1.82, 2.24) is 19.7 Å². The topological polar surface area (TPSA) is 60.2 Å². The minimum Gasteiger partial charge on any atom is -0.475 e. The minimum atomic E-state index is -0.0213. The Kier molecular flexibility index (Phi) is 4.86. The first-order valence-corrected chi connectivity index (χ1v) is 9.49. The van der Waals surface area contributed by atoms with Crippen LogP contribution in [0.2, 0.25) is 0 Å². The fourth-order valence-electron chi connectivity index (χ4n) is 3.67. The summed E-state index contributed by atoms with van der Waals surface area (Å²) < 4.78 is 7.37. The maximum absolute atomic E-state index is 13.1. The van der Waals surface area contributed by atoms with Gasteiger partial charge in [-0.3, -0.25) is 9.48 Å². The summed E-state index contributed by atoms with van der Waals surface area (Å²) in [7, 11) is 1.91. The van der Waals surface area contributed by atoms with E-state index in [1.165, 1.54) is 11.1 Å². The Bertz CT molecular complexity index is 978. The first kappa shape index (κ1) is 18.2. The van der Waals surface area contributed by atoms with Crippen LogP contribution in [0.25, 0.3) is 0 Å². The Morgan fingerprint density at radius 1 is 1.18 bits per heavy atom. The van der Waals surface area contributed by atoms with Gasteiger partial charge in [0.1, 0.15) is 0 Å². The molecule has 0 bridgehead atoms. The highest BCUT2D eigenvalue weighted by Gasteiger charge is 2.30. The zero-order valence-corrected chi connectivity index (χ0v) is 16.4. The van der Waals surface area contributed by atoms with Gasteiger partial charge < -0.3 is 9.64 Å². The number of amides is 1. The first-order chi connectivity index (χ1) is 13.5. The van der Waals surface area contributed by atoms with Gasteiger partial charge in [0.15, 0.2) is 0 Å². The van der Waals surface area contributed by atoms with Gasteiger partial charge >= 0.3 is 0 Å². The van der Waals surface area contributed by atoms with Crippen LogP contribution in [0.1, 0.15) is 46.8 Å². The van der Waals surface area contributed by atoms with Crippen molar-refractivity contribution < 1.29 is 9.53 Å². The molecule has 1 aliphatic heterocycles. The molecular weight excluding hydrogens is 352 g/mol. The average molecular weight is 376 g/mol. The first-order valence-electron chi connectivity index (χ1n) is 9.49. The van der Waals surface area contributed by atoms with Gasteiger partial charge in [-0.05, 0) is 36.6 Å². The van der Waals surface area contributed by atoms with Crippen molar-refractivity contribution in [1.29, 1.82) is 0 Å². The van der Waals surface area contributed by atoms with E-state index in [0.29, 0.717) is 24.5 Å². The number of fused-ring (bicyclic) bond motifs is 1. The molecule has 1 atom stereocenters. The molecule has 0 saturated heterocycles. The van der Waals surface area contributed by atoms with Gasteiger partial charge in [-0.2, -0.15) is 5.10 Å². The largest absolute Gasteiger partial charge is 0.475 e. The quantitative estimate of drug-likeness (QED) is 0.700. The maximum atomic E-state index is 13.1. The van der Waals surface area contributed by atoms with Gasteiger partial charge in [0.05, 0.1) is 17.9 Å². The predicted octanol–water partition coefficient (Wildman–Crippen LogP) is 3.39. The van der Waals surface area contributed by atoms with Gasteiger partial charge in [0.2, 0.25) is 5.88 Å². The molecule has 1 amide bonds. The van der Waals surface area contributed by atoms with Gasteiger partial charge in [0.25, 0.3) is 5.91 Å². The highest BCUT2D eigenvalue weighted by atomic mass is 16.5. The molecular formula is C22H24N4O2. The van der Waals surface area contributed by atoms with Gasteiger partial charge in [-0.25, -0.2) is 4.98 Å². The second kappa shape index (κ2) is 7.46. The van der Waals surface area contributed by atoms with Crippen LogP contribution in [0.4, 0.5) is 0 Å². The molecule has 1 unspecified atom stereocenters. The standard InChI is InChI=1S/C22H24N4O2/c1-15(2)28-21-9-8-16(10-23-21)22(27)26-13-17-6-4-5-7-19(17)20(14-26)18-11-24-25(3)12-18/h4-12,15,20H,13-14H2,1-3H3. The van der Waals surface area contributed by atoms with Crippen LogP contribution >= 0.6 is 0 Å². The molecule has 28 heavy (non-hydrogen) atoms. The van der Waals surface area contributed by atoms with Crippen molar-refractivity contribution in [3.8, 4) is 5.88 Å². The van der Waals surface area contributed by atoms with Crippen molar-refractivity contribution in [2.75, 3.05) is 6.54 Å². The zero-order valence-electron chi connectivity index (χ0n) is 16.4. The van der Waals surface area contributed by atoms with Gasteiger partial charge in [-0.1, -0.05) is 24.3 Å². The fraction of sp³-hybridized carbons (Fsp3) is 0.318. The second-order valence-electron chi connectivity index (χ2n) is 7.44. The van der Waals surface area contributed by atoms with E-state index in [1.54, 1.807) is 23.0 Å². The number of nitrogens with zero attached hydrogens (tertiary/aromatic N) is 4. The highest BCUT2D eigenvalue weighted by molar-refractivity contribution is 5.94. The molecule has 0 saturated carbocycles. The number of hydrogen-bond acceptors (Lipinski definition) is 4. The van der Waals surface area contributed by atoms with E-state index in [2.05, 4.69) is 28.3 Å². The molecule has 3 aromatic rings. The molecule has 0 fully saturated rings. The molecule has 3 heterocycles. The number of benzene rings is 1. The van der Waals surface area contributed by atoms with Crippen LogP contribution in [0.3, 0.4) is 0 Å². The third-order valence-corrected chi connectivity index (χ3v) is 4.95. The van der Waals surface area contributed by atoms with Gasteiger partial charge in [0, 0.05) is 44.5 Å². The molecule has 4 rings (SSSR count). The number of hydrogen-bond donors (Lipinski definition) is 0. The van der Waals surface area contributed by atoms with E-state index in [9.17, 15) is 4.79 Å². The predicted molar refractivity (Wildman–Crippen MR) is 106 cm³/mol. The Morgan fingerprint density at radius 2 is 2.00 bits per heavy atom. The SMILES string of the molecule is CC(C)Oc1ccc(C(=O)N2Cc3ccccc3C(c3cnn(C)c3)C2)cn1. The second-order valence-corrected chi connectivity index (χ2v) is 7.44. The van der Waals surface area contributed by atoms with Crippen molar-refractivity contribution in [3.63, 3.8) is 0 Å². The van der Waals surface area contributed by atoms with Crippen LogP contribution in [-0.2, 0) is 13.6 Å². The summed E-state index contributed by atoms with van der Waals surface area (Å²) >= 11 is 0. The van der Waals surface area contributed by atoms with Crippen molar-refractivity contribution in [2.24, 2.45) is 7.05 Å². The number of carbonyl (C=O) groups is 1. The summed E-state index contributed by atoms with van der Waals surface area (Å²) in [6, 6.07) is 11.9. The van der Waals surface area contributed by atoms with E-state index in [1.807, 2.05) is 44.3 Å². The van der Waals surface area contributed by atoms with Crippen LogP contribution in [0.5, 0.6) is 5.88 Å². The summed E-state index contributed by atoms with van der Waals surface area (Å²) in [5, 5.41) is 4.32.